The molecule has 0 bridgehead atoms. The maximum atomic E-state index is 15.4. The zero-order chi connectivity index (χ0) is 19.6. The Kier molecular flexibility index (Phi) is 5.89. The molecule has 3 rings (SSSR count). The number of benzene rings is 1. The van der Waals surface area contributed by atoms with Crippen molar-refractivity contribution in [3.8, 4) is 0 Å². The van der Waals surface area contributed by atoms with Gasteiger partial charge in [-0.1, -0.05) is 6.07 Å². The van der Waals surface area contributed by atoms with Crippen LogP contribution in [0.2, 0.25) is 0 Å². The molecule has 2 heterocycles. The Hall–Kier alpha value is -2.28. The summed E-state index contributed by atoms with van der Waals surface area (Å²) in [6, 6.07) is 2.06. The number of nitrogens with one attached hydrogen (secondary N) is 2. The molecule has 2 aliphatic heterocycles. The standard InChI is InChI=1S/C20H26FN3O3/c1-12-17-15(6-5-14(18(17)21)13-7-9-23-10-8-13)20(27)24(12)16(4-3-11-25)19(26)22-2/h5-6,11-13,16,23H,3-4,7-10H2,1-2H3,(H,22,26). The SMILES string of the molecule is CNC(=O)C(CCC=O)N1C(=O)c2ccc(C3CCNCC3)c(F)c2C1C. The Balaban J connectivity index is 1.96. The van der Waals surface area contributed by atoms with Crippen LogP contribution in [0.25, 0.3) is 0 Å². The normalized spacial score (nSPS) is 21.1. The Bertz CT molecular complexity index is 746. The van der Waals surface area contributed by atoms with Gasteiger partial charge in [0.15, 0.2) is 0 Å². The zero-order valence-electron chi connectivity index (χ0n) is 15.8. The molecule has 1 saturated heterocycles. The van der Waals surface area contributed by atoms with Gasteiger partial charge in [0.05, 0.1) is 6.04 Å². The van der Waals surface area contributed by atoms with Crippen molar-refractivity contribution in [2.45, 2.75) is 50.6 Å². The number of carbonyl (C=O) groups excluding carboxylic acids is 3. The number of fused-ring (bicyclic) bond motifs is 1. The molecule has 0 aromatic heterocycles. The van der Waals surface area contributed by atoms with E-state index in [1.807, 2.05) is 0 Å². The van der Waals surface area contributed by atoms with E-state index in [9.17, 15) is 14.4 Å². The van der Waals surface area contributed by atoms with Crippen molar-refractivity contribution < 1.29 is 18.8 Å². The topological polar surface area (TPSA) is 78.5 Å². The molecule has 0 saturated carbocycles. The van der Waals surface area contributed by atoms with Crippen molar-refractivity contribution in [3.05, 3.63) is 34.6 Å². The number of aldehydes is 1. The highest BCUT2D eigenvalue weighted by Crippen LogP contribution is 2.41. The summed E-state index contributed by atoms with van der Waals surface area (Å²) >= 11 is 0. The zero-order valence-corrected chi connectivity index (χ0v) is 15.8. The first-order valence-electron chi connectivity index (χ1n) is 9.52. The number of rotatable bonds is 6. The summed E-state index contributed by atoms with van der Waals surface area (Å²) < 4.78 is 15.4. The lowest BCUT2D eigenvalue weighted by Crippen LogP contribution is -2.47. The van der Waals surface area contributed by atoms with Gasteiger partial charge in [0.25, 0.3) is 5.91 Å². The molecule has 146 valence electrons. The van der Waals surface area contributed by atoms with E-state index in [0.29, 0.717) is 16.7 Å². The van der Waals surface area contributed by atoms with E-state index in [-0.39, 0.29) is 36.4 Å². The van der Waals surface area contributed by atoms with E-state index >= 15 is 4.39 Å². The molecule has 0 radical (unpaired) electrons. The minimum atomic E-state index is -0.795. The molecular weight excluding hydrogens is 349 g/mol. The minimum Gasteiger partial charge on any atom is -0.357 e. The van der Waals surface area contributed by atoms with E-state index in [1.165, 1.54) is 11.9 Å². The van der Waals surface area contributed by atoms with Gasteiger partial charge in [-0.25, -0.2) is 4.39 Å². The predicted molar refractivity (Wildman–Crippen MR) is 99.0 cm³/mol. The highest BCUT2D eigenvalue weighted by Gasteiger charge is 2.43. The lowest BCUT2D eigenvalue weighted by atomic mass is 9.87. The number of carbonyl (C=O) groups is 3. The molecule has 1 aromatic carbocycles. The second-order valence-corrected chi connectivity index (χ2v) is 7.22. The van der Waals surface area contributed by atoms with Gasteiger partial charge in [0.2, 0.25) is 5.91 Å². The van der Waals surface area contributed by atoms with Crippen LogP contribution >= 0.6 is 0 Å². The lowest BCUT2D eigenvalue weighted by Gasteiger charge is -2.30. The maximum Gasteiger partial charge on any atom is 0.255 e. The van der Waals surface area contributed by atoms with Gasteiger partial charge in [-0.3, -0.25) is 9.59 Å². The number of piperidine rings is 1. The average Bonchev–Trinajstić information content (AvgIpc) is 2.94. The van der Waals surface area contributed by atoms with Gasteiger partial charge >= 0.3 is 0 Å². The van der Waals surface area contributed by atoms with Crippen LogP contribution in [-0.4, -0.2) is 49.2 Å². The fourth-order valence-electron chi connectivity index (χ4n) is 4.31. The number of nitrogens with zero attached hydrogens (tertiary/aromatic N) is 1. The molecule has 2 atom stereocenters. The summed E-state index contributed by atoms with van der Waals surface area (Å²) in [5.74, 6) is -0.886. The van der Waals surface area contributed by atoms with Gasteiger partial charge in [0.1, 0.15) is 18.1 Å². The molecule has 7 heteroatoms. The van der Waals surface area contributed by atoms with Crippen LogP contribution in [0.1, 0.15) is 66.1 Å². The minimum absolute atomic E-state index is 0.137. The van der Waals surface area contributed by atoms with Crippen LogP contribution in [0.5, 0.6) is 0 Å². The van der Waals surface area contributed by atoms with Crippen LogP contribution in [0.3, 0.4) is 0 Å². The van der Waals surface area contributed by atoms with E-state index < -0.39 is 12.1 Å². The molecule has 2 aliphatic rings. The Morgan fingerprint density at radius 1 is 1.41 bits per heavy atom. The summed E-state index contributed by atoms with van der Waals surface area (Å²) in [4.78, 5) is 37.5. The van der Waals surface area contributed by atoms with Gasteiger partial charge in [-0.2, -0.15) is 0 Å². The van der Waals surface area contributed by atoms with Crippen molar-refractivity contribution in [2.75, 3.05) is 20.1 Å². The van der Waals surface area contributed by atoms with E-state index in [1.54, 1.807) is 19.1 Å². The largest absolute Gasteiger partial charge is 0.357 e. The summed E-state index contributed by atoms with van der Waals surface area (Å²) in [5, 5.41) is 5.82. The van der Waals surface area contributed by atoms with Crippen molar-refractivity contribution in [2.24, 2.45) is 0 Å². The molecule has 2 unspecified atom stereocenters. The van der Waals surface area contributed by atoms with Crippen LogP contribution in [0.15, 0.2) is 12.1 Å². The first-order valence-corrected chi connectivity index (χ1v) is 9.52. The van der Waals surface area contributed by atoms with Crippen molar-refractivity contribution >= 4 is 18.1 Å². The van der Waals surface area contributed by atoms with Gasteiger partial charge in [-0.05, 0) is 56.8 Å². The molecular formula is C20H26FN3O3. The van der Waals surface area contributed by atoms with Gasteiger partial charge < -0.3 is 20.3 Å². The number of hydrogen-bond donors (Lipinski definition) is 2. The Morgan fingerprint density at radius 2 is 2.11 bits per heavy atom. The smallest absolute Gasteiger partial charge is 0.255 e. The monoisotopic (exact) mass is 375 g/mol. The summed E-state index contributed by atoms with van der Waals surface area (Å²) in [5.41, 5.74) is 1.34. The highest BCUT2D eigenvalue weighted by atomic mass is 19.1. The van der Waals surface area contributed by atoms with Gasteiger partial charge in [0, 0.05) is 24.6 Å². The molecule has 1 aromatic rings. The quantitative estimate of drug-likeness (QED) is 0.745. The number of likely N-dealkylation sites (N-methyl/N-ethyl adjacent to an activating group) is 1. The van der Waals surface area contributed by atoms with E-state index in [2.05, 4.69) is 10.6 Å². The number of hydrogen-bond acceptors (Lipinski definition) is 4. The molecule has 0 spiro atoms. The van der Waals surface area contributed by atoms with Gasteiger partial charge in [-0.15, -0.1) is 0 Å². The molecule has 1 fully saturated rings. The summed E-state index contributed by atoms with van der Waals surface area (Å²) in [6.07, 6.45) is 2.83. The average molecular weight is 375 g/mol. The molecule has 2 N–H and O–H groups in total. The Morgan fingerprint density at radius 3 is 2.74 bits per heavy atom. The predicted octanol–water partition coefficient (Wildman–Crippen LogP) is 1.90. The number of halogens is 1. The van der Waals surface area contributed by atoms with Crippen LogP contribution in [0.4, 0.5) is 4.39 Å². The third-order valence-corrected chi connectivity index (χ3v) is 5.73. The van der Waals surface area contributed by atoms with E-state index in [4.69, 9.17) is 0 Å². The van der Waals surface area contributed by atoms with Crippen LogP contribution in [0, 0.1) is 5.82 Å². The van der Waals surface area contributed by atoms with Crippen molar-refractivity contribution in [1.29, 1.82) is 0 Å². The Labute approximate surface area is 158 Å². The highest BCUT2D eigenvalue weighted by molar-refractivity contribution is 6.02. The molecule has 27 heavy (non-hydrogen) atoms. The van der Waals surface area contributed by atoms with E-state index in [0.717, 1.165) is 32.2 Å². The third kappa shape index (κ3) is 3.48. The molecule has 0 aliphatic carbocycles. The molecule has 6 nitrogen and oxygen atoms in total. The fraction of sp³-hybridized carbons (Fsp3) is 0.550. The van der Waals surface area contributed by atoms with Crippen LogP contribution in [-0.2, 0) is 9.59 Å². The maximum absolute atomic E-state index is 15.4. The first kappa shape index (κ1) is 19.5. The van der Waals surface area contributed by atoms with Crippen LogP contribution < -0.4 is 10.6 Å². The van der Waals surface area contributed by atoms with Crippen molar-refractivity contribution in [1.82, 2.24) is 15.5 Å². The lowest BCUT2D eigenvalue weighted by molar-refractivity contribution is -0.126. The number of amides is 2. The summed E-state index contributed by atoms with van der Waals surface area (Å²) in [6.45, 7) is 3.45. The molecule has 2 amide bonds. The second-order valence-electron chi connectivity index (χ2n) is 7.22. The van der Waals surface area contributed by atoms with Crippen molar-refractivity contribution in [3.63, 3.8) is 0 Å². The fourth-order valence-corrected chi connectivity index (χ4v) is 4.31. The second kappa shape index (κ2) is 8.17. The first-order chi connectivity index (χ1) is 13.0. The summed E-state index contributed by atoms with van der Waals surface area (Å²) in [7, 11) is 1.49. The third-order valence-electron chi connectivity index (χ3n) is 5.73.